The van der Waals surface area contributed by atoms with Crippen LogP contribution in [-0.2, 0) is 9.53 Å². The monoisotopic (exact) mass is 411 g/mol. The Balaban J connectivity index is 1.47. The van der Waals surface area contributed by atoms with Crippen molar-refractivity contribution in [3.8, 4) is 0 Å². The van der Waals surface area contributed by atoms with Crippen LogP contribution in [0.5, 0.6) is 0 Å². The third kappa shape index (κ3) is 5.91. The van der Waals surface area contributed by atoms with Gasteiger partial charge < -0.3 is 15.4 Å². The van der Waals surface area contributed by atoms with Crippen molar-refractivity contribution in [1.29, 1.82) is 0 Å². The van der Waals surface area contributed by atoms with Crippen LogP contribution >= 0.6 is 23.1 Å². The Bertz CT molecular complexity index is 613. The lowest BCUT2D eigenvalue weighted by Gasteiger charge is -2.48. The van der Waals surface area contributed by atoms with Crippen LogP contribution in [0.3, 0.4) is 0 Å². The average molecular weight is 412 g/mol. The molecule has 1 amide bonds. The van der Waals surface area contributed by atoms with Crippen molar-refractivity contribution in [2.24, 2.45) is 0 Å². The summed E-state index contributed by atoms with van der Waals surface area (Å²) in [5.74, 6) is 0.434. The van der Waals surface area contributed by atoms with Gasteiger partial charge in [0.1, 0.15) is 0 Å². The van der Waals surface area contributed by atoms with E-state index >= 15 is 0 Å². The highest BCUT2D eigenvalue weighted by Gasteiger charge is 2.38. The number of carbonyl (C=O) groups is 1. The molecule has 0 unspecified atom stereocenters. The van der Waals surface area contributed by atoms with Crippen LogP contribution in [0.4, 0.5) is 5.13 Å². The molecule has 1 aromatic heterocycles. The molecule has 150 valence electrons. The molecule has 0 bridgehead atoms. The van der Waals surface area contributed by atoms with Gasteiger partial charge in [-0.15, -0.1) is 16.8 Å². The Morgan fingerprint density at radius 1 is 1.30 bits per heavy atom. The lowest BCUT2D eigenvalue weighted by molar-refractivity contribution is -0.119. The van der Waals surface area contributed by atoms with Crippen molar-refractivity contribution in [1.82, 2.24) is 20.4 Å². The van der Waals surface area contributed by atoms with E-state index in [1.807, 2.05) is 0 Å². The highest BCUT2D eigenvalue weighted by molar-refractivity contribution is 8.01. The molecule has 0 atom stereocenters. The molecule has 2 N–H and O–H groups in total. The first kappa shape index (κ1) is 20.6. The van der Waals surface area contributed by atoms with E-state index in [1.54, 1.807) is 6.08 Å². The van der Waals surface area contributed by atoms with Gasteiger partial charge in [-0.3, -0.25) is 9.69 Å². The van der Waals surface area contributed by atoms with Crippen molar-refractivity contribution in [3.63, 3.8) is 0 Å². The average Bonchev–Trinajstić information content (AvgIpc) is 3.18. The first-order chi connectivity index (χ1) is 13.2. The van der Waals surface area contributed by atoms with Gasteiger partial charge in [0.05, 0.1) is 19.0 Å². The summed E-state index contributed by atoms with van der Waals surface area (Å²) < 4.78 is 6.32. The Morgan fingerprint density at radius 3 is 2.81 bits per heavy atom. The fraction of sp³-hybridized carbons (Fsp3) is 0.722. The van der Waals surface area contributed by atoms with Crippen LogP contribution in [0.25, 0.3) is 0 Å². The SMILES string of the molecule is C=CCNc1nnc(SCC(=O)NCC2(N3CCOCC3)CCCCC2)s1. The molecule has 1 aliphatic carbocycles. The Kier molecular flexibility index (Phi) is 7.93. The van der Waals surface area contributed by atoms with Gasteiger partial charge in [0, 0.05) is 31.7 Å². The highest BCUT2D eigenvalue weighted by Crippen LogP contribution is 2.34. The van der Waals surface area contributed by atoms with Gasteiger partial charge in [0.2, 0.25) is 11.0 Å². The van der Waals surface area contributed by atoms with Crippen LogP contribution in [0.1, 0.15) is 32.1 Å². The number of rotatable bonds is 9. The number of nitrogens with one attached hydrogen (secondary N) is 2. The molecule has 27 heavy (non-hydrogen) atoms. The fourth-order valence-electron chi connectivity index (χ4n) is 3.79. The minimum absolute atomic E-state index is 0.0639. The number of hydrogen-bond donors (Lipinski definition) is 2. The maximum absolute atomic E-state index is 12.4. The molecule has 1 aliphatic heterocycles. The first-order valence-electron chi connectivity index (χ1n) is 9.62. The molecule has 7 nitrogen and oxygen atoms in total. The van der Waals surface area contributed by atoms with E-state index in [4.69, 9.17) is 4.74 Å². The number of hydrogen-bond acceptors (Lipinski definition) is 8. The molecular weight excluding hydrogens is 382 g/mol. The highest BCUT2D eigenvalue weighted by atomic mass is 32.2. The van der Waals surface area contributed by atoms with Crippen LogP contribution in [0, 0.1) is 0 Å². The van der Waals surface area contributed by atoms with E-state index in [1.165, 1.54) is 42.4 Å². The van der Waals surface area contributed by atoms with Crippen molar-refractivity contribution >= 4 is 34.1 Å². The molecular formula is C18H29N5O2S2. The molecule has 9 heteroatoms. The maximum Gasteiger partial charge on any atom is 0.230 e. The molecule has 2 aliphatic rings. The fourth-order valence-corrected chi connectivity index (χ4v) is 5.38. The number of carbonyl (C=O) groups excluding carboxylic acids is 1. The van der Waals surface area contributed by atoms with Gasteiger partial charge in [-0.2, -0.15) is 0 Å². The summed E-state index contributed by atoms with van der Waals surface area (Å²) in [6.45, 7) is 8.58. The van der Waals surface area contributed by atoms with Gasteiger partial charge in [-0.1, -0.05) is 48.4 Å². The van der Waals surface area contributed by atoms with Crippen molar-refractivity contribution < 1.29 is 9.53 Å². The summed E-state index contributed by atoms with van der Waals surface area (Å²) >= 11 is 2.90. The van der Waals surface area contributed by atoms with E-state index in [-0.39, 0.29) is 11.4 Å². The van der Waals surface area contributed by atoms with E-state index in [2.05, 4.69) is 32.3 Å². The number of nitrogens with zero attached hydrogens (tertiary/aromatic N) is 3. The summed E-state index contributed by atoms with van der Waals surface area (Å²) in [7, 11) is 0. The second-order valence-corrected chi connectivity index (χ2v) is 9.19. The minimum atomic E-state index is 0.0639. The molecule has 0 aromatic carbocycles. The molecule has 0 radical (unpaired) electrons. The number of morpholine rings is 1. The molecule has 3 rings (SSSR count). The first-order valence-corrected chi connectivity index (χ1v) is 11.4. The van der Waals surface area contributed by atoms with E-state index in [9.17, 15) is 4.79 Å². The summed E-state index contributed by atoms with van der Waals surface area (Å²) in [6, 6.07) is 0. The van der Waals surface area contributed by atoms with E-state index < -0.39 is 0 Å². The second-order valence-electron chi connectivity index (χ2n) is 6.99. The zero-order chi connectivity index (χ0) is 19.0. The standard InChI is InChI=1S/C18H29N5O2S2/c1-2-8-19-16-21-22-17(27-16)26-13-15(24)20-14-18(6-4-3-5-7-18)23-9-11-25-12-10-23/h2H,1,3-14H2,(H,19,21)(H,20,24). The topological polar surface area (TPSA) is 79.4 Å². The van der Waals surface area contributed by atoms with Crippen LogP contribution < -0.4 is 10.6 Å². The van der Waals surface area contributed by atoms with E-state index in [0.29, 0.717) is 12.3 Å². The maximum atomic E-state index is 12.4. The molecule has 1 saturated heterocycles. The normalized spacial score (nSPS) is 20.1. The van der Waals surface area contributed by atoms with Gasteiger partial charge in [-0.05, 0) is 12.8 Å². The van der Waals surface area contributed by atoms with Crippen molar-refractivity contribution in [2.45, 2.75) is 42.0 Å². The van der Waals surface area contributed by atoms with Gasteiger partial charge >= 0.3 is 0 Å². The predicted molar refractivity (Wildman–Crippen MR) is 111 cm³/mol. The summed E-state index contributed by atoms with van der Waals surface area (Å²) in [4.78, 5) is 15.0. The van der Waals surface area contributed by atoms with E-state index in [0.717, 1.165) is 55.2 Å². The lowest BCUT2D eigenvalue weighted by atomic mass is 9.79. The third-order valence-corrected chi connectivity index (χ3v) is 7.23. The number of amides is 1. The minimum Gasteiger partial charge on any atom is -0.379 e. The third-order valence-electron chi connectivity index (χ3n) is 5.21. The number of thioether (sulfide) groups is 1. The number of ether oxygens (including phenoxy) is 1. The van der Waals surface area contributed by atoms with Crippen molar-refractivity contribution in [3.05, 3.63) is 12.7 Å². The molecule has 1 saturated carbocycles. The Hall–Kier alpha value is -1.16. The van der Waals surface area contributed by atoms with Gasteiger partial charge in [0.15, 0.2) is 4.34 Å². The number of aromatic nitrogens is 2. The molecule has 1 aromatic rings. The predicted octanol–water partition coefficient (Wildman–Crippen LogP) is 2.38. The summed E-state index contributed by atoms with van der Waals surface area (Å²) in [6.07, 6.45) is 7.89. The zero-order valence-electron chi connectivity index (χ0n) is 15.7. The summed E-state index contributed by atoms with van der Waals surface area (Å²) in [5.41, 5.74) is 0.104. The lowest BCUT2D eigenvalue weighted by Crippen LogP contribution is -2.59. The second kappa shape index (κ2) is 10.4. The van der Waals surface area contributed by atoms with Gasteiger partial charge in [0.25, 0.3) is 0 Å². The van der Waals surface area contributed by atoms with Gasteiger partial charge in [-0.25, -0.2) is 0 Å². The Morgan fingerprint density at radius 2 is 2.07 bits per heavy atom. The molecule has 2 fully saturated rings. The van der Waals surface area contributed by atoms with Crippen molar-refractivity contribution in [2.75, 3.05) is 50.5 Å². The largest absolute Gasteiger partial charge is 0.379 e. The smallest absolute Gasteiger partial charge is 0.230 e. The molecule has 0 spiro atoms. The quantitative estimate of drug-likeness (QED) is 0.477. The van der Waals surface area contributed by atoms with Crippen LogP contribution in [0.15, 0.2) is 17.0 Å². The number of anilines is 1. The summed E-state index contributed by atoms with van der Waals surface area (Å²) in [5, 5.41) is 15.2. The van der Waals surface area contributed by atoms with Crippen LogP contribution in [0.2, 0.25) is 0 Å². The zero-order valence-corrected chi connectivity index (χ0v) is 17.4. The Labute approximate surface area is 169 Å². The molecule has 2 heterocycles. The van der Waals surface area contributed by atoms with Crippen LogP contribution in [-0.4, -0.2) is 71.7 Å².